The first-order valence-corrected chi connectivity index (χ1v) is 1.52. The molecule has 0 aliphatic rings. The van der Waals surface area contributed by atoms with E-state index in [0.717, 1.165) is 0 Å². The van der Waals surface area contributed by atoms with Crippen LogP contribution in [-0.2, 0) is 4.79 Å². The number of ketones is 1. The molecule has 0 aromatic carbocycles. The van der Waals surface area contributed by atoms with E-state index in [4.69, 9.17) is 0 Å². The zero-order valence-corrected chi connectivity index (χ0v) is 5.66. The molecule has 0 bridgehead atoms. The van der Waals surface area contributed by atoms with Crippen molar-refractivity contribution in [3.05, 3.63) is 0 Å². The van der Waals surface area contributed by atoms with Crippen LogP contribution in [0.25, 0.3) is 0 Å². The summed E-state index contributed by atoms with van der Waals surface area (Å²) in [5, 5.41) is 0. The van der Waals surface area contributed by atoms with Crippen LogP contribution in [0.15, 0.2) is 0 Å². The Morgan fingerprint density at radius 1 is 1.38 bits per heavy atom. The van der Waals surface area contributed by atoms with Gasteiger partial charge in [0.25, 0.3) is 0 Å². The predicted octanol–water partition coefficient (Wildman–Crippen LogP) is 1.72. The Hall–Kier alpha value is -0.0600. The standard InChI is InChI=1S/C3H3F3O.BrH/c1-2(7)3(4,5)6;/h1H3;1H. The summed E-state index contributed by atoms with van der Waals surface area (Å²) in [6, 6.07) is 0. The molecule has 50 valence electrons. The normalized spacial score (nSPS) is 10.0. The Labute approximate surface area is 54.6 Å². The highest BCUT2D eigenvalue weighted by Crippen LogP contribution is 2.14. The number of alkyl halides is 3. The van der Waals surface area contributed by atoms with Crippen molar-refractivity contribution < 1.29 is 18.0 Å². The van der Waals surface area contributed by atoms with Gasteiger partial charge in [-0.15, -0.1) is 17.0 Å². The van der Waals surface area contributed by atoms with E-state index in [1.807, 2.05) is 0 Å². The number of carbonyl (C=O) groups excluding carboxylic acids is 1. The quantitative estimate of drug-likeness (QED) is 0.572. The summed E-state index contributed by atoms with van der Waals surface area (Å²) < 4.78 is 32.5. The monoisotopic (exact) mass is 192 g/mol. The Bertz CT molecular complexity index is 87.0. The Morgan fingerprint density at radius 2 is 1.50 bits per heavy atom. The Balaban J connectivity index is 0. The van der Waals surface area contributed by atoms with Crippen LogP contribution in [0.3, 0.4) is 0 Å². The molecule has 0 saturated carbocycles. The molecule has 8 heavy (non-hydrogen) atoms. The average Bonchev–Trinajstić information content (AvgIpc) is 1.31. The van der Waals surface area contributed by atoms with Gasteiger partial charge in [0.1, 0.15) is 0 Å². The van der Waals surface area contributed by atoms with Gasteiger partial charge in [-0.05, 0) is 0 Å². The van der Waals surface area contributed by atoms with E-state index in [2.05, 4.69) is 0 Å². The molecular formula is C3H4BrF3O. The Kier molecular flexibility index (Phi) is 4.15. The van der Waals surface area contributed by atoms with Crippen LogP contribution < -0.4 is 0 Å². The van der Waals surface area contributed by atoms with Crippen molar-refractivity contribution in [2.24, 2.45) is 0 Å². The van der Waals surface area contributed by atoms with Gasteiger partial charge in [0.2, 0.25) is 5.78 Å². The third kappa shape index (κ3) is 4.11. The Morgan fingerprint density at radius 3 is 1.50 bits per heavy atom. The van der Waals surface area contributed by atoms with E-state index in [0.29, 0.717) is 6.92 Å². The van der Waals surface area contributed by atoms with Gasteiger partial charge in [0.05, 0.1) is 0 Å². The summed E-state index contributed by atoms with van der Waals surface area (Å²) in [5.74, 6) is -1.76. The lowest BCUT2D eigenvalue weighted by atomic mass is 10.5. The van der Waals surface area contributed by atoms with Gasteiger partial charge in [-0.1, -0.05) is 0 Å². The van der Waals surface area contributed by atoms with Gasteiger partial charge in [-0.2, -0.15) is 13.2 Å². The minimum atomic E-state index is -4.64. The second kappa shape index (κ2) is 3.06. The van der Waals surface area contributed by atoms with E-state index in [1.54, 1.807) is 0 Å². The zero-order valence-electron chi connectivity index (χ0n) is 3.95. The fourth-order valence-electron chi connectivity index (χ4n) is 0. The number of Topliss-reactive ketones (excluding diaryl/α,β-unsaturated/α-hetero) is 1. The first kappa shape index (κ1) is 10.8. The summed E-state index contributed by atoms with van der Waals surface area (Å²) >= 11 is 0. The fraction of sp³-hybridized carbons (Fsp3) is 0.667. The predicted molar refractivity (Wildman–Crippen MR) is 27.1 cm³/mol. The number of hydrogen-bond acceptors (Lipinski definition) is 1. The van der Waals surface area contributed by atoms with Crippen molar-refractivity contribution in [2.75, 3.05) is 0 Å². The van der Waals surface area contributed by atoms with Gasteiger partial charge in [0, 0.05) is 6.92 Å². The van der Waals surface area contributed by atoms with Crippen LogP contribution in [0.4, 0.5) is 13.2 Å². The van der Waals surface area contributed by atoms with Crippen LogP contribution in [0.2, 0.25) is 0 Å². The van der Waals surface area contributed by atoms with Gasteiger partial charge in [0.15, 0.2) is 0 Å². The lowest BCUT2D eigenvalue weighted by Crippen LogP contribution is -2.18. The van der Waals surface area contributed by atoms with E-state index in [9.17, 15) is 18.0 Å². The maximum atomic E-state index is 10.8. The molecule has 0 heterocycles. The lowest BCUT2D eigenvalue weighted by molar-refractivity contribution is -0.168. The number of rotatable bonds is 0. The maximum Gasteiger partial charge on any atom is 0.449 e. The van der Waals surface area contributed by atoms with Gasteiger partial charge >= 0.3 is 6.18 Å². The topological polar surface area (TPSA) is 17.1 Å². The van der Waals surface area contributed by atoms with Crippen molar-refractivity contribution in [1.82, 2.24) is 0 Å². The van der Waals surface area contributed by atoms with Crippen molar-refractivity contribution in [2.45, 2.75) is 13.1 Å². The lowest BCUT2D eigenvalue weighted by Gasteiger charge is -1.95. The highest BCUT2D eigenvalue weighted by molar-refractivity contribution is 8.93. The van der Waals surface area contributed by atoms with Crippen molar-refractivity contribution in [3.8, 4) is 0 Å². The van der Waals surface area contributed by atoms with Gasteiger partial charge in [-0.25, -0.2) is 0 Å². The number of carbonyl (C=O) groups is 1. The minimum Gasteiger partial charge on any atom is -0.290 e. The third-order valence-electron chi connectivity index (χ3n) is 0.399. The van der Waals surface area contributed by atoms with Crippen LogP contribution >= 0.6 is 17.0 Å². The molecule has 0 aromatic rings. The van der Waals surface area contributed by atoms with Crippen molar-refractivity contribution >= 4 is 22.8 Å². The second-order valence-corrected chi connectivity index (χ2v) is 1.05. The average molecular weight is 193 g/mol. The second-order valence-electron chi connectivity index (χ2n) is 1.05. The minimum absolute atomic E-state index is 0. The molecule has 0 aliphatic carbocycles. The molecule has 0 spiro atoms. The molecule has 0 aliphatic heterocycles. The van der Waals surface area contributed by atoms with Crippen LogP contribution in [-0.4, -0.2) is 12.0 Å². The third-order valence-corrected chi connectivity index (χ3v) is 0.399. The summed E-state index contributed by atoms with van der Waals surface area (Å²) in [7, 11) is 0. The summed E-state index contributed by atoms with van der Waals surface area (Å²) in [6.07, 6.45) is -4.64. The molecular weight excluding hydrogens is 189 g/mol. The van der Waals surface area contributed by atoms with Crippen LogP contribution in [0, 0.1) is 0 Å². The molecule has 0 rings (SSSR count). The molecule has 0 aromatic heterocycles. The molecule has 5 heteroatoms. The molecule has 0 saturated heterocycles. The zero-order chi connectivity index (χ0) is 6.08. The number of halogens is 4. The van der Waals surface area contributed by atoms with Crippen molar-refractivity contribution in [3.63, 3.8) is 0 Å². The fourth-order valence-corrected chi connectivity index (χ4v) is 0. The molecule has 0 N–H and O–H groups in total. The van der Waals surface area contributed by atoms with E-state index >= 15 is 0 Å². The van der Waals surface area contributed by atoms with E-state index in [-0.39, 0.29) is 17.0 Å². The molecule has 0 atom stereocenters. The van der Waals surface area contributed by atoms with Gasteiger partial charge in [-0.3, -0.25) is 4.79 Å². The number of hydrogen-bond donors (Lipinski definition) is 0. The van der Waals surface area contributed by atoms with Crippen molar-refractivity contribution in [1.29, 1.82) is 0 Å². The summed E-state index contributed by atoms with van der Waals surface area (Å²) in [4.78, 5) is 9.34. The molecule has 0 fully saturated rings. The van der Waals surface area contributed by atoms with Crippen LogP contribution in [0.1, 0.15) is 6.92 Å². The highest BCUT2D eigenvalue weighted by atomic mass is 79.9. The molecule has 1 nitrogen and oxygen atoms in total. The summed E-state index contributed by atoms with van der Waals surface area (Å²) in [5.41, 5.74) is 0. The summed E-state index contributed by atoms with van der Waals surface area (Å²) in [6.45, 7) is 0.486. The maximum absolute atomic E-state index is 10.8. The first-order valence-electron chi connectivity index (χ1n) is 1.52. The van der Waals surface area contributed by atoms with E-state index in [1.165, 1.54) is 0 Å². The first-order chi connectivity index (χ1) is 2.94. The van der Waals surface area contributed by atoms with Crippen LogP contribution in [0.5, 0.6) is 0 Å². The smallest absolute Gasteiger partial charge is 0.290 e. The molecule has 0 amide bonds. The SMILES string of the molecule is Br.CC(=O)C(F)(F)F. The largest absolute Gasteiger partial charge is 0.449 e. The molecule has 0 radical (unpaired) electrons. The highest BCUT2D eigenvalue weighted by Gasteiger charge is 2.33. The van der Waals surface area contributed by atoms with E-state index < -0.39 is 12.0 Å². The molecule has 0 unspecified atom stereocenters. The van der Waals surface area contributed by atoms with Gasteiger partial charge < -0.3 is 0 Å².